The summed E-state index contributed by atoms with van der Waals surface area (Å²) in [6.07, 6.45) is 1.77. The minimum Gasteiger partial charge on any atom is -0.322 e. The van der Waals surface area contributed by atoms with Gasteiger partial charge in [0.05, 0.1) is 4.90 Å². The fourth-order valence-corrected chi connectivity index (χ4v) is 3.64. The Bertz CT molecular complexity index is 870. The smallest absolute Gasteiger partial charge is 0.255 e. The molecular formula is C18H20N2O3S. The molecule has 5 nitrogen and oxygen atoms in total. The van der Waals surface area contributed by atoms with E-state index in [1.54, 1.807) is 0 Å². The lowest BCUT2D eigenvalue weighted by Gasteiger charge is -2.10. The summed E-state index contributed by atoms with van der Waals surface area (Å²) in [4.78, 5) is 12.5. The van der Waals surface area contributed by atoms with Gasteiger partial charge in [-0.3, -0.25) is 4.79 Å². The van der Waals surface area contributed by atoms with Crippen molar-refractivity contribution in [1.29, 1.82) is 0 Å². The molecule has 1 amide bonds. The van der Waals surface area contributed by atoms with Crippen LogP contribution in [0.2, 0.25) is 0 Å². The van der Waals surface area contributed by atoms with Crippen LogP contribution in [0.15, 0.2) is 47.4 Å². The summed E-state index contributed by atoms with van der Waals surface area (Å²) < 4.78 is 26.9. The zero-order valence-electron chi connectivity index (χ0n) is 13.7. The number of hydrogen-bond acceptors (Lipinski definition) is 3. The molecule has 24 heavy (non-hydrogen) atoms. The Morgan fingerprint density at radius 2 is 1.71 bits per heavy atom. The number of aryl methyl sites for hydroxylation is 2. The van der Waals surface area contributed by atoms with Crippen LogP contribution in [-0.4, -0.2) is 20.4 Å². The summed E-state index contributed by atoms with van der Waals surface area (Å²) >= 11 is 0. The van der Waals surface area contributed by atoms with Crippen molar-refractivity contribution >= 4 is 21.6 Å². The number of carbonyl (C=O) groups is 1. The lowest BCUT2D eigenvalue weighted by molar-refractivity contribution is 0.102. The highest BCUT2D eigenvalue weighted by Gasteiger charge is 2.27. The van der Waals surface area contributed by atoms with Gasteiger partial charge in [0.15, 0.2) is 0 Å². The second-order valence-electron chi connectivity index (χ2n) is 6.19. The Morgan fingerprint density at radius 3 is 2.33 bits per heavy atom. The lowest BCUT2D eigenvalue weighted by atomic mass is 10.1. The van der Waals surface area contributed by atoms with Gasteiger partial charge < -0.3 is 5.32 Å². The highest BCUT2D eigenvalue weighted by Crippen LogP contribution is 2.22. The fourth-order valence-electron chi connectivity index (χ4n) is 2.34. The first-order chi connectivity index (χ1) is 11.3. The summed E-state index contributed by atoms with van der Waals surface area (Å²) in [6, 6.07) is 11.9. The van der Waals surface area contributed by atoms with Crippen LogP contribution in [0.5, 0.6) is 0 Å². The van der Waals surface area contributed by atoms with Crippen LogP contribution < -0.4 is 10.0 Å². The predicted octanol–water partition coefficient (Wildman–Crippen LogP) is 3.00. The van der Waals surface area contributed by atoms with Gasteiger partial charge in [0.2, 0.25) is 10.0 Å². The summed E-state index contributed by atoms with van der Waals surface area (Å²) in [5.41, 5.74) is 3.21. The Kier molecular flexibility index (Phi) is 4.43. The van der Waals surface area contributed by atoms with Gasteiger partial charge in [-0.05, 0) is 68.1 Å². The molecule has 0 atom stereocenters. The molecule has 3 rings (SSSR count). The molecule has 0 aliphatic heterocycles. The number of amides is 1. The van der Waals surface area contributed by atoms with Crippen LogP contribution in [0.4, 0.5) is 5.69 Å². The average molecular weight is 344 g/mol. The molecule has 6 heteroatoms. The maximum absolute atomic E-state index is 12.4. The third-order valence-electron chi connectivity index (χ3n) is 3.97. The van der Waals surface area contributed by atoms with E-state index in [0.29, 0.717) is 5.56 Å². The number of sulfonamides is 1. The molecule has 0 heterocycles. The second-order valence-corrected chi connectivity index (χ2v) is 7.91. The van der Waals surface area contributed by atoms with Crippen molar-refractivity contribution in [1.82, 2.24) is 4.72 Å². The monoisotopic (exact) mass is 344 g/mol. The number of hydrogen-bond donors (Lipinski definition) is 2. The van der Waals surface area contributed by atoms with Gasteiger partial charge >= 0.3 is 0 Å². The normalized spacial score (nSPS) is 14.4. The maximum atomic E-state index is 12.4. The summed E-state index contributed by atoms with van der Waals surface area (Å²) in [5, 5.41) is 2.86. The average Bonchev–Trinajstić information content (AvgIpc) is 3.34. The van der Waals surface area contributed by atoms with Gasteiger partial charge in [-0.15, -0.1) is 0 Å². The van der Waals surface area contributed by atoms with Crippen molar-refractivity contribution in [3.63, 3.8) is 0 Å². The molecule has 0 aromatic heterocycles. The van der Waals surface area contributed by atoms with Crippen LogP contribution in [0.3, 0.4) is 0 Å². The van der Waals surface area contributed by atoms with E-state index in [1.807, 2.05) is 32.0 Å². The molecule has 1 aliphatic rings. The van der Waals surface area contributed by atoms with E-state index in [4.69, 9.17) is 0 Å². The summed E-state index contributed by atoms with van der Waals surface area (Å²) in [6.45, 7) is 3.88. The Labute approximate surface area is 142 Å². The van der Waals surface area contributed by atoms with Crippen LogP contribution in [0.25, 0.3) is 0 Å². The topological polar surface area (TPSA) is 75.3 Å². The first-order valence-corrected chi connectivity index (χ1v) is 9.34. The van der Waals surface area contributed by atoms with Gasteiger partial charge in [0.25, 0.3) is 5.91 Å². The van der Waals surface area contributed by atoms with E-state index in [1.165, 1.54) is 24.3 Å². The van der Waals surface area contributed by atoms with Gasteiger partial charge in [-0.1, -0.05) is 12.1 Å². The van der Waals surface area contributed by atoms with Crippen molar-refractivity contribution in [2.45, 2.75) is 37.6 Å². The quantitative estimate of drug-likeness (QED) is 0.875. The van der Waals surface area contributed by atoms with E-state index >= 15 is 0 Å². The molecule has 0 bridgehead atoms. The summed E-state index contributed by atoms with van der Waals surface area (Å²) in [7, 11) is -3.49. The van der Waals surface area contributed by atoms with Crippen molar-refractivity contribution in [2.75, 3.05) is 5.32 Å². The minimum atomic E-state index is -3.49. The number of nitrogens with one attached hydrogen (secondary N) is 2. The molecule has 2 N–H and O–H groups in total. The molecule has 1 saturated carbocycles. The summed E-state index contributed by atoms with van der Waals surface area (Å²) in [5.74, 6) is -0.261. The molecule has 0 saturated heterocycles. The van der Waals surface area contributed by atoms with E-state index in [0.717, 1.165) is 29.7 Å². The minimum absolute atomic E-state index is 0.0577. The standard InChI is InChI=1S/C18H20N2O3S/c1-12-3-4-13(2)17(11-12)19-18(21)14-5-9-16(10-6-14)24(22,23)20-15-7-8-15/h3-6,9-11,15,20H,7-8H2,1-2H3,(H,19,21). The molecular weight excluding hydrogens is 324 g/mol. The van der Waals surface area contributed by atoms with E-state index in [2.05, 4.69) is 10.0 Å². The third-order valence-corrected chi connectivity index (χ3v) is 5.50. The first kappa shape index (κ1) is 16.7. The third kappa shape index (κ3) is 3.83. The number of rotatable bonds is 5. The van der Waals surface area contributed by atoms with Crippen LogP contribution in [-0.2, 0) is 10.0 Å². The highest BCUT2D eigenvalue weighted by molar-refractivity contribution is 7.89. The zero-order valence-corrected chi connectivity index (χ0v) is 14.5. The zero-order chi connectivity index (χ0) is 17.3. The van der Waals surface area contributed by atoms with Crippen LogP contribution >= 0.6 is 0 Å². The predicted molar refractivity (Wildman–Crippen MR) is 93.7 cm³/mol. The van der Waals surface area contributed by atoms with Gasteiger partial charge in [0.1, 0.15) is 0 Å². The molecule has 2 aromatic carbocycles. The Balaban J connectivity index is 1.75. The Hall–Kier alpha value is -2.18. The second kappa shape index (κ2) is 6.37. The fraction of sp³-hybridized carbons (Fsp3) is 0.278. The van der Waals surface area contributed by atoms with Crippen molar-refractivity contribution < 1.29 is 13.2 Å². The molecule has 1 fully saturated rings. The van der Waals surface area contributed by atoms with Gasteiger partial charge in [0, 0.05) is 17.3 Å². The maximum Gasteiger partial charge on any atom is 0.255 e. The van der Waals surface area contributed by atoms with E-state index in [9.17, 15) is 13.2 Å². The lowest BCUT2D eigenvalue weighted by Crippen LogP contribution is -2.25. The first-order valence-electron chi connectivity index (χ1n) is 7.86. The Morgan fingerprint density at radius 1 is 1.04 bits per heavy atom. The van der Waals surface area contributed by atoms with Gasteiger partial charge in [-0.2, -0.15) is 0 Å². The van der Waals surface area contributed by atoms with E-state index < -0.39 is 10.0 Å². The van der Waals surface area contributed by atoms with Crippen LogP contribution in [0, 0.1) is 13.8 Å². The number of anilines is 1. The highest BCUT2D eigenvalue weighted by atomic mass is 32.2. The molecule has 0 unspecified atom stereocenters. The number of carbonyl (C=O) groups excluding carboxylic acids is 1. The van der Waals surface area contributed by atoms with Crippen molar-refractivity contribution in [3.8, 4) is 0 Å². The largest absolute Gasteiger partial charge is 0.322 e. The van der Waals surface area contributed by atoms with Crippen LogP contribution in [0.1, 0.15) is 34.3 Å². The van der Waals surface area contributed by atoms with E-state index in [-0.39, 0.29) is 16.8 Å². The van der Waals surface area contributed by atoms with Gasteiger partial charge in [-0.25, -0.2) is 13.1 Å². The van der Waals surface area contributed by atoms with Crippen molar-refractivity contribution in [3.05, 3.63) is 59.2 Å². The molecule has 2 aromatic rings. The molecule has 0 spiro atoms. The molecule has 0 radical (unpaired) electrons. The number of benzene rings is 2. The molecule has 1 aliphatic carbocycles. The van der Waals surface area contributed by atoms with Crippen molar-refractivity contribution in [2.24, 2.45) is 0 Å². The molecule has 126 valence electrons. The SMILES string of the molecule is Cc1ccc(C)c(NC(=O)c2ccc(S(=O)(=O)NC3CC3)cc2)c1.